The number of hydrogen-bond donors (Lipinski definition) is 1. The van der Waals surface area contributed by atoms with E-state index in [-0.39, 0.29) is 11.5 Å². The number of thiazole rings is 1. The minimum absolute atomic E-state index is 0.108. The van der Waals surface area contributed by atoms with Gasteiger partial charge in [0.15, 0.2) is 0 Å². The molecule has 1 heterocycles. The SMILES string of the molecule is CC(c1ccccc1)C(N)Cc1nc(C(C)(C)C)cs1. The molecule has 2 rings (SSSR count). The zero-order valence-corrected chi connectivity index (χ0v) is 13.6. The van der Waals surface area contributed by atoms with E-state index in [2.05, 4.69) is 57.3 Å². The van der Waals surface area contributed by atoms with Crippen LogP contribution < -0.4 is 5.73 Å². The minimum Gasteiger partial charge on any atom is -0.327 e. The van der Waals surface area contributed by atoms with Crippen LogP contribution in [0.2, 0.25) is 0 Å². The molecule has 3 heteroatoms. The van der Waals surface area contributed by atoms with Crippen molar-refractivity contribution < 1.29 is 0 Å². The van der Waals surface area contributed by atoms with Crippen LogP contribution in [0.4, 0.5) is 0 Å². The number of hydrogen-bond acceptors (Lipinski definition) is 3. The zero-order valence-electron chi connectivity index (χ0n) is 12.8. The second kappa shape index (κ2) is 6.06. The van der Waals surface area contributed by atoms with E-state index < -0.39 is 0 Å². The van der Waals surface area contributed by atoms with E-state index in [0.29, 0.717) is 5.92 Å². The van der Waals surface area contributed by atoms with E-state index in [1.165, 1.54) is 5.56 Å². The first kappa shape index (κ1) is 15.2. The maximum Gasteiger partial charge on any atom is 0.0944 e. The summed E-state index contributed by atoms with van der Waals surface area (Å²) >= 11 is 1.73. The van der Waals surface area contributed by atoms with Crippen LogP contribution in [0.15, 0.2) is 35.7 Å². The summed E-state index contributed by atoms with van der Waals surface area (Å²) in [4.78, 5) is 4.74. The Bertz CT molecular complexity index is 540. The minimum atomic E-state index is 0.108. The predicted molar refractivity (Wildman–Crippen MR) is 87.4 cm³/mol. The zero-order chi connectivity index (χ0) is 14.8. The Hall–Kier alpha value is -1.19. The van der Waals surface area contributed by atoms with Crippen molar-refractivity contribution in [2.24, 2.45) is 5.73 Å². The molecule has 0 aliphatic carbocycles. The molecule has 20 heavy (non-hydrogen) atoms. The Kier molecular flexibility index (Phi) is 4.61. The summed E-state index contributed by atoms with van der Waals surface area (Å²) in [5.74, 6) is 0.346. The molecule has 108 valence electrons. The monoisotopic (exact) mass is 288 g/mol. The van der Waals surface area contributed by atoms with Crippen LogP contribution in [-0.2, 0) is 11.8 Å². The van der Waals surface area contributed by atoms with E-state index in [9.17, 15) is 0 Å². The molecule has 0 radical (unpaired) electrons. The molecular weight excluding hydrogens is 264 g/mol. The quantitative estimate of drug-likeness (QED) is 0.919. The van der Waals surface area contributed by atoms with Gasteiger partial charge < -0.3 is 5.73 Å². The number of aromatic nitrogens is 1. The number of benzene rings is 1. The van der Waals surface area contributed by atoms with Gasteiger partial charge in [0.1, 0.15) is 0 Å². The summed E-state index contributed by atoms with van der Waals surface area (Å²) in [7, 11) is 0. The third-order valence-corrected chi connectivity index (χ3v) is 4.57. The van der Waals surface area contributed by atoms with Crippen molar-refractivity contribution in [3.63, 3.8) is 0 Å². The largest absolute Gasteiger partial charge is 0.327 e. The molecule has 2 nitrogen and oxygen atoms in total. The maximum absolute atomic E-state index is 6.37. The standard InChI is InChI=1S/C17H24N2S/c1-12(13-8-6-5-7-9-13)14(18)10-16-19-15(11-20-16)17(2,3)4/h5-9,11-12,14H,10,18H2,1-4H3. The number of nitrogens with two attached hydrogens (primary N) is 1. The van der Waals surface area contributed by atoms with Crippen LogP contribution in [0.3, 0.4) is 0 Å². The average Bonchev–Trinajstić information content (AvgIpc) is 2.87. The predicted octanol–water partition coefficient (Wildman–Crippen LogP) is 4.11. The van der Waals surface area contributed by atoms with Gasteiger partial charge in [-0.25, -0.2) is 4.98 Å². The van der Waals surface area contributed by atoms with Gasteiger partial charge in [-0.3, -0.25) is 0 Å². The summed E-state index contributed by atoms with van der Waals surface area (Å²) in [6.45, 7) is 8.77. The first-order valence-electron chi connectivity index (χ1n) is 7.13. The Labute approximate surface area is 126 Å². The molecule has 1 aromatic heterocycles. The first-order valence-corrected chi connectivity index (χ1v) is 8.01. The third-order valence-electron chi connectivity index (χ3n) is 3.70. The van der Waals surface area contributed by atoms with Crippen molar-refractivity contribution in [2.45, 2.75) is 51.5 Å². The van der Waals surface area contributed by atoms with Crippen molar-refractivity contribution in [3.05, 3.63) is 52.0 Å². The van der Waals surface area contributed by atoms with Crippen molar-refractivity contribution in [1.29, 1.82) is 0 Å². The summed E-state index contributed by atoms with van der Waals surface area (Å²) < 4.78 is 0. The molecule has 0 spiro atoms. The van der Waals surface area contributed by atoms with Gasteiger partial charge >= 0.3 is 0 Å². The van der Waals surface area contributed by atoms with E-state index in [1.54, 1.807) is 11.3 Å². The highest BCUT2D eigenvalue weighted by atomic mass is 32.1. The summed E-state index contributed by atoms with van der Waals surface area (Å²) in [6, 6.07) is 10.6. The smallest absolute Gasteiger partial charge is 0.0944 e. The Morgan fingerprint density at radius 1 is 1.20 bits per heavy atom. The molecule has 2 aromatic rings. The lowest BCUT2D eigenvalue weighted by Crippen LogP contribution is -2.29. The number of rotatable bonds is 4. The Morgan fingerprint density at radius 2 is 1.85 bits per heavy atom. The maximum atomic E-state index is 6.37. The topological polar surface area (TPSA) is 38.9 Å². The molecule has 1 aromatic carbocycles. The lowest BCUT2D eigenvalue weighted by atomic mass is 9.92. The molecule has 2 atom stereocenters. The van der Waals surface area contributed by atoms with Gasteiger partial charge in [-0.15, -0.1) is 11.3 Å². The molecule has 2 unspecified atom stereocenters. The highest BCUT2D eigenvalue weighted by molar-refractivity contribution is 7.09. The van der Waals surface area contributed by atoms with Gasteiger partial charge in [0, 0.05) is 23.3 Å². The van der Waals surface area contributed by atoms with E-state index in [1.807, 2.05) is 6.07 Å². The van der Waals surface area contributed by atoms with E-state index in [0.717, 1.165) is 17.1 Å². The summed E-state index contributed by atoms with van der Waals surface area (Å²) in [5.41, 5.74) is 8.94. The molecule has 0 saturated heterocycles. The van der Waals surface area contributed by atoms with E-state index in [4.69, 9.17) is 10.7 Å². The lowest BCUT2D eigenvalue weighted by molar-refractivity contribution is 0.549. The van der Waals surface area contributed by atoms with Crippen LogP contribution in [0.5, 0.6) is 0 Å². The Morgan fingerprint density at radius 3 is 2.40 bits per heavy atom. The molecule has 0 bridgehead atoms. The highest BCUT2D eigenvalue weighted by Crippen LogP contribution is 2.26. The first-order chi connectivity index (χ1) is 9.38. The van der Waals surface area contributed by atoms with Crippen molar-refractivity contribution in [2.75, 3.05) is 0 Å². The van der Waals surface area contributed by atoms with Crippen LogP contribution in [0.1, 0.15) is 49.9 Å². The molecule has 0 aliphatic rings. The average molecular weight is 288 g/mol. The van der Waals surface area contributed by atoms with Crippen LogP contribution >= 0.6 is 11.3 Å². The van der Waals surface area contributed by atoms with Gasteiger partial charge in [0.2, 0.25) is 0 Å². The van der Waals surface area contributed by atoms with Crippen LogP contribution in [0, 0.1) is 0 Å². The van der Waals surface area contributed by atoms with Gasteiger partial charge in [0.25, 0.3) is 0 Å². The fraction of sp³-hybridized carbons (Fsp3) is 0.471. The molecule has 0 fully saturated rings. The summed E-state index contributed by atoms with van der Waals surface area (Å²) in [6.07, 6.45) is 0.844. The van der Waals surface area contributed by atoms with Gasteiger partial charge in [-0.2, -0.15) is 0 Å². The van der Waals surface area contributed by atoms with Gasteiger partial charge in [-0.1, -0.05) is 58.0 Å². The third kappa shape index (κ3) is 3.68. The van der Waals surface area contributed by atoms with Crippen LogP contribution in [0.25, 0.3) is 0 Å². The second-order valence-electron chi connectivity index (χ2n) is 6.44. The van der Waals surface area contributed by atoms with E-state index >= 15 is 0 Å². The highest BCUT2D eigenvalue weighted by Gasteiger charge is 2.20. The fourth-order valence-electron chi connectivity index (χ4n) is 2.13. The molecule has 2 N–H and O–H groups in total. The van der Waals surface area contributed by atoms with Crippen molar-refractivity contribution in [3.8, 4) is 0 Å². The van der Waals surface area contributed by atoms with Gasteiger partial charge in [0.05, 0.1) is 10.7 Å². The molecule has 0 aliphatic heterocycles. The normalized spacial score (nSPS) is 15.1. The Balaban J connectivity index is 2.04. The van der Waals surface area contributed by atoms with Crippen molar-refractivity contribution >= 4 is 11.3 Å². The second-order valence-corrected chi connectivity index (χ2v) is 7.39. The molecule has 0 saturated carbocycles. The molecule has 0 amide bonds. The molecular formula is C17H24N2S. The fourth-order valence-corrected chi connectivity index (χ4v) is 3.22. The van der Waals surface area contributed by atoms with Crippen molar-refractivity contribution in [1.82, 2.24) is 4.98 Å². The lowest BCUT2D eigenvalue weighted by Gasteiger charge is -2.19. The van der Waals surface area contributed by atoms with Gasteiger partial charge in [-0.05, 0) is 11.5 Å². The van der Waals surface area contributed by atoms with Crippen LogP contribution in [-0.4, -0.2) is 11.0 Å². The summed E-state index contributed by atoms with van der Waals surface area (Å²) in [5, 5.41) is 3.31. The number of nitrogens with zero attached hydrogens (tertiary/aromatic N) is 1.